The number of amides is 1. The van der Waals surface area contributed by atoms with E-state index in [1.54, 1.807) is 12.1 Å². The number of carboxylic acid groups (broad SMARTS) is 1. The fourth-order valence-electron chi connectivity index (χ4n) is 2.76. The highest BCUT2D eigenvalue weighted by atomic mass is 19.1. The summed E-state index contributed by atoms with van der Waals surface area (Å²) in [6.07, 6.45) is 0.0818. The summed E-state index contributed by atoms with van der Waals surface area (Å²) in [6, 6.07) is 7.43. The van der Waals surface area contributed by atoms with Crippen LogP contribution in [-0.4, -0.2) is 38.3 Å². The number of nitrogens with one attached hydrogen (secondary N) is 1. The summed E-state index contributed by atoms with van der Waals surface area (Å²) in [7, 11) is 4.52. The molecule has 0 aliphatic carbocycles. The lowest BCUT2D eigenvalue weighted by Gasteiger charge is -2.15. The van der Waals surface area contributed by atoms with E-state index in [-0.39, 0.29) is 23.6 Å². The molecule has 2 aromatic carbocycles. The third kappa shape index (κ3) is 5.12. The predicted molar refractivity (Wildman–Crippen MR) is 101 cm³/mol. The number of anilines is 1. The summed E-state index contributed by atoms with van der Waals surface area (Å²) in [5, 5.41) is 11.3. The summed E-state index contributed by atoms with van der Waals surface area (Å²) in [4.78, 5) is 22.9. The van der Waals surface area contributed by atoms with Crippen molar-refractivity contribution in [3.05, 3.63) is 47.3 Å². The second kappa shape index (κ2) is 9.59. The molecule has 2 rings (SSSR count). The Morgan fingerprint density at radius 2 is 1.68 bits per heavy atom. The number of hydrogen-bond donors (Lipinski definition) is 2. The first-order valence-corrected chi connectivity index (χ1v) is 8.47. The summed E-state index contributed by atoms with van der Waals surface area (Å²) in [5.74, 6) is -0.675. The zero-order valence-corrected chi connectivity index (χ0v) is 15.9. The van der Waals surface area contributed by atoms with Gasteiger partial charge in [-0.05, 0) is 35.7 Å². The third-order valence-corrected chi connectivity index (χ3v) is 4.09. The van der Waals surface area contributed by atoms with Crippen LogP contribution in [0, 0.1) is 5.82 Å². The molecule has 0 aliphatic rings. The molecule has 0 saturated heterocycles. The largest absolute Gasteiger partial charge is 0.493 e. The maximum Gasteiger partial charge on any atom is 0.307 e. The number of methoxy groups -OCH3 is 3. The minimum absolute atomic E-state index is 0.0561. The smallest absolute Gasteiger partial charge is 0.307 e. The van der Waals surface area contributed by atoms with E-state index in [9.17, 15) is 14.0 Å². The Kier molecular flexibility index (Phi) is 7.20. The van der Waals surface area contributed by atoms with Gasteiger partial charge < -0.3 is 24.6 Å². The van der Waals surface area contributed by atoms with Gasteiger partial charge in [-0.25, -0.2) is 4.39 Å². The van der Waals surface area contributed by atoms with Crippen molar-refractivity contribution in [3.63, 3.8) is 0 Å². The highest BCUT2D eigenvalue weighted by Gasteiger charge is 2.17. The van der Waals surface area contributed by atoms with Crippen LogP contribution in [0.5, 0.6) is 17.2 Å². The van der Waals surface area contributed by atoms with E-state index in [2.05, 4.69) is 5.32 Å². The van der Waals surface area contributed by atoms with Crippen molar-refractivity contribution in [1.29, 1.82) is 0 Å². The molecule has 2 aromatic rings. The second-order valence-corrected chi connectivity index (χ2v) is 5.92. The number of aryl methyl sites for hydroxylation is 1. The van der Waals surface area contributed by atoms with E-state index < -0.39 is 18.2 Å². The SMILES string of the molecule is COc1ccc(CCC(=O)Nc2ccc(CC(=O)O)c(F)c2)c(OC)c1OC. The van der Waals surface area contributed by atoms with Gasteiger partial charge in [0.05, 0.1) is 27.8 Å². The minimum atomic E-state index is -1.13. The van der Waals surface area contributed by atoms with Crippen molar-refractivity contribution in [3.8, 4) is 17.2 Å². The Balaban J connectivity index is 2.05. The van der Waals surface area contributed by atoms with E-state index in [1.165, 1.54) is 33.5 Å². The van der Waals surface area contributed by atoms with E-state index in [4.69, 9.17) is 19.3 Å². The molecule has 7 nitrogen and oxygen atoms in total. The van der Waals surface area contributed by atoms with Crippen LogP contribution in [0.3, 0.4) is 0 Å². The number of carbonyl (C=O) groups is 2. The average Bonchev–Trinajstić information content (AvgIpc) is 2.67. The third-order valence-electron chi connectivity index (χ3n) is 4.09. The van der Waals surface area contributed by atoms with Crippen molar-refractivity contribution in [2.24, 2.45) is 0 Å². The van der Waals surface area contributed by atoms with Gasteiger partial charge in [-0.2, -0.15) is 0 Å². The van der Waals surface area contributed by atoms with Crippen LogP contribution in [0.2, 0.25) is 0 Å². The fraction of sp³-hybridized carbons (Fsp3) is 0.300. The molecular weight excluding hydrogens is 369 g/mol. The monoisotopic (exact) mass is 391 g/mol. The molecule has 0 heterocycles. The Hall–Kier alpha value is -3.29. The van der Waals surface area contributed by atoms with Gasteiger partial charge in [0, 0.05) is 12.1 Å². The Morgan fingerprint density at radius 1 is 1.00 bits per heavy atom. The van der Waals surface area contributed by atoms with Crippen molar-refractivity contribution in [1.82, 2.24) is 0 Å². The lowest BCUT2D eigenvalue weighted by molar-refractivity contribution is -0.136. The number of rotatable bonds is 9. The topological polar surface area (TPSA) is 94.1 Å². The van der Waals surface area contributed by atoms with E-state index in [0.717, 1.165) is 11.6 Å². The molecule has 28 heavy (non-hydrogen) atoms. The lowest BCUT2D eigenvalue weighted by atomic mass is 10.1. The summed E-state index contributed by atoms with van der Waals surface area (Å²) in [6.45, 7) is 0. The second-order valence-electron chi connectivity index (χ2n) is 5.92. The maximum absolute atomic E-state index is 13.9. The first-order chi connectivity index (χ1) is 13.4. The van der Waals surface area contributed by atoms with Gasteiger partial charge in [0.2, 0.25) is 11.7 Å². The molecule has 0 aliphatic heterocycles. The summed E-state index contributed by atoms with van der Waals surface area (Å²) in [5.41, 5.74) is 1.08. The molecule has 0 fully saturated rings. The van der Waals surface area contributed by atoms with Crippen LogP contribution >= 0.6 is 0 Å². The maximum atomic E-state index is 13.9. The number of ether oxygens (including phenoxy) is 3. The van der Waals surface area contributed by atoms with Crippen LogP contribution in [0.15, 0.2) is 30.3 Å². The highest BCUT2D eigenvalue weighted by Crippen LogP contribution is 2.40. The van der Waals surface area contributed by atoms with Gasteiger partial charge in [0.1, 0.15) is 5.82 Å². The number of carbonyl (C=O) groups excluding carboxylic acids is 1. The zero-order valence-electron chi connectivity index (χ0n) is 15.9. The molecule has 0 atom stereocenters. The van der Waals surface area contributed by atoms with Crippen LogP contribution in [0.4, 0.5) is 10.1 Å². The predicted octanol–water partition coefficient (Wildman–Crippen LogP) is 3.05. The number of halogens is 1. The van der Waals surface area contributed by atoms with Crippen molar-refractivity contribution < 1.29 is 33.3 Å². The quantitative estimate of drug-likeness (QED) is 0.682. The first-order valence-electron chi connectivity index (χ1n) is 8.47. The molecule has 0 radical (unpaired) electrons. The zero-order chi connectivity index (χ0) is 20.7. The minimum Gasteiger partial charge on any atom is -0.493 e. The van der Waals surface area contributed by atoms with E-state index in [0.29, 0.717) is 23.7 Å². The van der Waals surface area contributed by atoms with Gasteiger partial charge in [-0.1, -0.05) is 12.1 Å². The molecule has 0 aromatic heterocycles. The Morgan fingerprint density at radius 3 is 2.25 bits per heavy atom. The van der Waals surface area contributed by atoms with Crippen LogP contribution in [0.1, 0.15) is 17.5 Å². The molecule has 0 bridgehead atoms. The molecule has 0 spiro atoms. The van der Waals surface area contributed by atoms with Crippen molar-refractivity contribution >= 4 is 17.6 Å². The van der Waals surface area contributed by atoms with Gasteiger partial charge >= 0.3 is 5.97 Å². The number of hydrogen-bond acceptors (Lipinski definition) is 5. The molecule has 8 heteroatoms. The molecule has 150 valence electrons. The Bertz CT molecular complexity index is 868. The average molecular weight is 391 g/mol. The molecular formula is C20H22FNO6. The van der Waals surface area contributed by atoms with Crippen molar-refractivity contribution in [2.45, 2.75) is 19.3 Å². The molecule has 0 saturated carbocycles. The van der Waals surface area contributed by atoms with E-state index >= 15 is 0 Å². The van der Waals surface area contributed by atoms with Gasteiger partial charge in [-0.3, -0.25) is 9.59 Å². The highest BCUT2D eigenvalue weighted by molar-refractivity contribution is 5.91. The molecule has 0 unspecified atom stereocenters. The molecule has 2 N–H and O–H groups in total. The Labute approximate surface area is 162 Å². The lowest BCUT2D eigenvalue weighted by Crippen LogP contribution is -2.13. The fourth-order valence-corrected chi connectivity index (χ4v) is 2.76. The summed E-state index contributed by atoms with van der Waals surface area (Å²) >= 11 is 0. The standard InChI is InChI=1S/C20H22FNO6/c1-26-16-8-5-12(19(27-2)20(16)28-3)6-9-17(23)22-14-7-4-13(10-18(24)25)15(21)11-14/h4-5,7-8,11H,6,9-10H2,1-3H3,(H,22,23)(H,24,25). The first kappa shape index (κ1) is 21.0. The van der Waals surface area contributed by atoms with Gasteiger partial charge in [-0.15, -0.1) is 0 Å². The van der Waals surface area contributed by atoms with Crippen LogP contribution < -0.4 is 19.5 Å². The van der Waals surface area contributed by atoms with Crippen LogP contribution in [0.25, 0.3) is 0 Å². The van der Waals surface area contributed by atoms with Gasteiger partial charge in [0.25, 0.3) is 0 Å². The molecule has 1 amide bonds. The van der Waals surface area contributed by atoms with E-state index in [1.807, 2.05) is 0 Å². The normalized spacial score (nSPS) is 10.3. The number of aliphatic carboxylic acids is 1. The summed E-state index contributed by atoms with van der Waals surface area (Å²) < 4.78 is 29.8. The number of carboxylic acids is 1. The number of benzene rings is 2. The van der Waals surface area contributed by atoms with Crippen LogP contribution in [-0.2, 0) is 22.4 Å². The van der Waals surface area contributed by atoms with Crippen molar-refractivity contribution in [2.75, 3.05) is 26.6 Å². The van der Waals surface area contributed by atoms with Gasteiger partial charge in [0.15, 0.2) is 11.5 Å².